The largest absolute Gasteiger partial charge is 0.495 e. The van der Waals surface area contributed by atoms with Gasteiger partial charge in [-0.05, 0) is 30.7 Å². The fraction of sp³-hybridized carbons (Fsp3) is 0.222. The van der Waals surface area contributed by atoms with Crippen LogP contribution in [0.4, 0.5) is 0 Å². The summed E-state index contributed by atoms with van der Waals surface area (Å²) in [5.74, 6) is 1.19. The zero-order valence-electron chi connectivity index (χ0n) is 14.0. The second-order valence-corrected chi connectivity index (χ2v) is 6.30. The molecule has 0 saturated carbocycles. The molecule has 5 nitrogen and oxygen atoms in total. The number of amides is 1. The maximum absolute atomic E-state index is 12.5. The number of thiazole rings is 1. The molecule has 3 aromatic rings. The molecule has 0 saturated heterocycles. The van der Waals surface area contributed by atoms with Crippen LogP contribution >= 0.6 is 11.3 Å². The molecule has 0 unspecified atom stereocenters. The van der Waals surface area contributed by atoms with E-state index < -0.39 is 0 Å². The first-order chi connectivity index (χ1) is 11.6. The van der Waals surface area contributed by atoms with Crippen LogP contribution in [0.3, 0.4) is 0 Å². The molecule has 0 aliphatic rings. The average Bonchev–Trinajstić information content (AvgIpc) is 2.91. The number of hydrogen-bond donors (Lipinski definition) is 0. The normalized spacial score (nSPS) is 11.8. The van der Waals surface area contributed by atoms with E-state index in [2.05, 4.69) is 4.99 Å². The maximum Gasteiger partial charge on any atom is 0.279 e. The number of rotatable bonds is 3. The molecule has 0 N–H and O–H groups in total. The SMILES string of the molecule is COc1ccc(OC)c2c1sc(=NC(=O)c1ccccc1C)n2C. The van der Waals surface area contributed by atoms with Crippen LogP contribution in [0, 0.1) is 6.92 Å². The van der Waals surface area contributed by atoms with Gasteiger partial charge in [-0.2, -0.15) is 4.99 Å². The Morgan fingerprint density at radius 1 is 1.08 bits per heavy atom. The van der Waals surface area contributed by atoms with Gasteiger partial charge in [-0.3, -0.25) is 4.79 Å². The number of benzene rings is 2. The summed E-state index contributed by atoms with van der Waals surface area (Å²) in [5, 5.41) is 0. The van der Waals surface area contributed by atoms with Crippen molar-refractivity contribution in [1.29, 1.82) is 0 Å². The highest BCUT2D eigenvalue weighted by molar-refractivity contribution is 7.16. The lowest BCUT2D eigenvalue weighted by molar-refractivity contribution is 0.0997. The molecular formula is C18H18N2O3S. The molecule has 3 rings (SSSR count). The van der Waals surface area contributed by atoms with Gasteiger partial charge >= 0.3 is 0 Å². The number of hydrogen-bond acceptors (Lipinski definition) is 4. The Morgan fingerprint density at radius 3 is 2.42 bits per heavy atom. The number of fused-ring (bicyclic) bond motifs is 1. The van der Waals surface area contributed by atoms with Crippen LogP contribution in [0.25, 0.3) is 10.2 Å². The molecule has 1 amide bonds. The van der Waals surface area contributed by atoms with Gasteiger partial charge in [0.1, 0.15) is 21.7 Å². The van der Waals surface area contributed by atoms with Crippen molar-refractivity contribution in [3.8, 4) is 11.5 Å². The fourth-order valence-electron chi connectivity index (χ4n) is 2.59. The third-order valence-electron chi connectivity index (χ3n) is 3.89. The van der Waals surface area contributed by atoms with E-state index >= 15 is 0 Å². The zero-order valence-corrected chi connectivity index (χ0v) is 14.8. The van der Waals surface area contributed by atoms with Crippen molar-refractivity contribution < 1.29 is 14.3 Å². The van der Waals surface area contributed by atoms with Crippen LogP contribution in [0.5, 0.6) is 11.5 Å². The number of carbonyl (C=O) groups excluding carboxylic acids is 1. The molecule has 0 fully saturated rings. The van der Waals surface area contributed by atoms with E-state index in [9.17, 15) is 4.79 Å². The predicted molar refractivity (Wildman–Crippen MR) is 95.0 cm³/mol. The Kier molecular flexibility index (Phi) is 4.40. The van der Waals surface area contributed by atoms with Gasteiger partial charge in [0.25, 0.3) is 5.91 Å². The Hall–Kier alpha value is -2.60. The van der Waals surface area contributed by atoms with Crippen molar-refractivity contribution in [1.82, 2.24) is 4.57 Å². The van der Waals surface area contributed by atoms with Crippen molar-refractivity contribution in [3.05, 3.63) is 52.3 Å². The summed E-state index contributed by atoms with van der Waals surface area (Å²) in [6, 6.07) is 11.1. The Bertz CT molecular complexity index is 986. The molecule has 0 atom stereocenters. The molecule has 124 valence electrons. The quantitative estimate of drug-likeness (QED) is 0.734. The van der Waals surface area contributed by atoms with E-state index in [0.717, 1.165) is 21.5 Å². The van der Waals surface area contributed by atoms with E-state index in [0.29, 0.717) is 16.1 Å². The zero-order chi connectivity index (χ0) is 17.3. The highest BCUT2D eigenvalue weighted by Crippen LogP contribution is 2.34. The molecule has 1 aromatic heterocycles. The molecular weight excluding hydrogens is 324 g/mol. The first-order valence-electron chi connectivity index (χ1n) is 7.42. The van der Waals surface area contributed by atoms with E-state index in [-0.39, 0.29) is 5.91 Å². The summed E-state index contributed by atoms with van der Waals surface area (Å²) < 4.78 is 13.6. The topological polar surface area (TPSA) is 52.8 Å². The molecule has 0 spiro atoms. The summed E-state index contributed by atoms with van der Waals surface area (Å²) in [6.45, 7) is 1.90. The Balaban J connectivity index is 2.22. The van der Waals surface area contributed by atoms with Gasteiger partial charge in [0.05, 0.1) is 14.2 Å². The van der Waals surface area contributed by atoms with Gasteiger partial charge in [-0.15, -0.1) is 0 Å². The first-order valence-corrected chi connectivity index (χ1v) is 8.23. The minimum Gasteiger partial charge on any atom is -0.495 e. The average molecular weight is 342 g/mol. The summed E-state index contributed by atoms with van der Waals surface area (Å²) in [6.07, 6.45) is 0. The lowest BCUT2D eigenvalue weighted by Crippen LogP contribution is -2.14. The molecule has 24 heavy (non-hydrogen) atoms. The third kappa shape index (κ3) is 2.69. The van der Waals surface area contributed by atoms with E-state index in [4.69, 9.17) is 9.47 Å². The minimum atomic E-state index is -0.256. The number of ether oxygens (including phenoxy) is 2. The van der Waals surface area contributed by atoms with Gasteiger partial charge in [-0.25, -0.2) is 0 Å². The van der Waals surface area contributed by atoms with Crippen LogP contribution in [0.1, 0.15) is 15.9 Å². The van der Waals surface area contributed by atoms with E-state index in [1.807, 2.05) is 48.9 Å². The van der Waals surface area contributed by atoms with Gasteiger partial charge in [0, 0.05) is 12.6 Å². The number of carbonyl (C=O) groups is 1. The van der Waals surface area contributed by atoms with Gasteiger partial charge in [0.15, 0.2) is 4.80 Å². The van der Waals surface area contributed by atoms with Crippen molar-refractivity contribution in [3.63, 3.8) is 0 Å². The predicted octanol–water partition coefficient (Wildman–Crippen LogP) is 3.31. The number of aromatic nitrogens is 1. The van der Waals surface area contributed by atoms with Crippen LogP contribution in [0.2, 0.25) is 0 Å². The standard InChI is InChI=1S/C18H18N2O3S/c1-11-7-5-6-8-12(11)17(21)19-18-20(2)15-13(22-3)9-10-14(23-4)16(15)24-18/h5-10H,1-4H3. The summed E-state index contributed by atoms with van der Waals surface area (Å²) >= 11 is 1.40. The van der Waals surface area contributed by atoms with Gasteiger partial charge in [-0.1, -0.05) is 29.5 Å². The molecule has 0 aliphatic carbocycles. The van der Waals surface area contributed by atoms with Crippen LogP contribution in [0.15, 0.2) is 41.4 Å². The lowest BCUT2D eigenvalue weighted by Gasteiger charge is -2.06. The van der Waals surface area contributed by atoms with Gasteiger partial charge in [0.2, 0.25) is 0 Å². The van der Waals surface area contributed by atoms with Crippen LogP contribution in [-0.4, -0.2) is 24.7 Å². The highest BCUT2D eigenvalue weighted by atomic mass is 32.1. The van der Waals surface area contributed by atoms with Crippen molar-refractivity contribution in [2.75, 3.05) is 14.2 Å². The van der Waals surface area contributed by atoms with Crippen LogP contribution < -0.4 is 14.3 Å². The molecule has 2 aromatic carbocycles. The molecule has 6 heteroatoms. The van der Waals surface area contributed by atoms with E-state index in [1.54, 1.807) is 20.3 Å². The summed E-state index contributed by atoms with van der Waals surface area (Å²) in [7, 11) is 5.11. The summed E-state index contributed by atoms with van der Waals surface area (Å²) in [5.41, 5.74) is 2.37. The molecule has 0 bridgehead atoms. The maximum atomic E-state index is 12.5. The molecule has 1 heterocycles. The monoisotopic (exact) mass is 342 g/mol. The fourth-order valence-corrected chi connectivity index (χ4v) is 3.71. The van der Waals surface area contributed by atoms with Crippen molar-refractivity contribution in [2.45, 2.75) is 6.92 Å². The second kappa shape index (κ2) is 6.49. The Labute approximate surface area is 143 Å². The first kappa shape index (κ1) is 16.3. The molecule has 0 radical (unpaired) electrons. The van der Waals surface area contributed by atoms with E-state index in [1.165, 1.54) is 11.3 Å². The highest BCUT2D eigenvalue weighted by Gasteiger charge is 2.15. The lowest BCUT2D eigenvalue weighted by atomic mass is 10.1. The van der Waals surface area contributed by atoms with Crippen LogP contribution in [-0.2, 0) is 7.05 Å². The Morgan fingerprint density at radius 2 is 1.75 bits per heavy atom. The number of nitrogens with zero attached hydrogens (tertiary/aromatic N) is 2. The number of aryl methyl sites for hydroxylation is 2. The molecule has 0 aliphatic heterocycles. The third-order valence-corrected chi connectivity index (χ3v) is 5.03. The smallest absolute Gasteiger partial charge is 0.279 e. The summed E-state index contributed by atoms with van der Waals surface area (Å²) in [4.78, 5) is 17.4. The van der Waals surface area contributed by atoms with Crippen molar-refractivity contribution >= 4 is 27.5 Å². The van der Waals surface area contributed by atoms with Crippen molar-refractivity contribution in [2.24, 2.45) is 12.0 Å². The van der Waals surface area contributed by atoms with Gasteiger partial charge < -0.3 is 14.0 Å². The second-order valence-electron chi connectivity index (χ2n) is 5.32. The minimum absolute atomic E-state index is 0.256. The number of methoxy groups -OCH3 is 2.